The van der Waals surface area contributed by atoms with Gasteiger partial charge in [-0.25, -0.2) is 0 Å². The van der Waals surface area contributed by atoms with Crippen molar-refractivity contribution in [2.24, 2.45) is 0 Å². The van der Waals surface area contributed by atoms with Crippen molar-refractivity contribution in [1.29, 1.82) is 0 Å². The van der Waals surface area contributed by atoms with E-state index >= 15 is 0 Å². The lowest BCUT2D eigenvalue weighted by Gasteiger charge is -2.12. The van der Waals surface area contributed by atoms with Gasteiger partial charge < -0.3 is 9.63 Å². The van der Waals surface area contributed by atoms with Crippen molar-refractivity contribution >= 4 is 0 Å². The van der Waals surface area contributed by atoms with E-state index in [1.54, 1.807) is 13.8 Å². The Morgan fingerprint density at radius 1 is 1.58 bits per heavy atom. The fraction of sp³-hybridized carbons (Fsp3) is 0.750. The maximum absolute atomic E-state index is 9.35. The van der Waals surface area contributed by atoms with Crippen molar-refractivity contribution in [2.75, 3.05) is 0 Å². The van der Waals surface area contributed by atoms with Gasteiger partial charge in [-0.2, -0.15) is 4.98 Å². The Labute approximate surface area is 71.6 Å². The molecular formula is C8H14N2O2. The minimum atomic E-state index is -0.435. The summed E-state index contributed by atoms with van der Waals surface area (Å²) in [5, 5.41) is 13.0. The molecule has 0 bridgehead atoms. The molecule has 1 rings (SSSR count). The molecule has 4 nitrogen and oxygen atoms in total. The second kappa shape index (κ2) is 3.67. The Balaban J connectivity index is 2.80. The molecule has 68 valence electrons. The van der Waals surface area contributed by atoms with E-state index in [1.807, 2.05) is 6.92 Å². The highest BCUT2D eigenvalue weighted by Crippen LogP contribution is 2.20. The molecule has 0 aromatic carbocycles. The lowest BCUT2D eigenvalue weighted by atomic mass is 10.0. The third kappa shape index (κ3) is 1.82. The molecular weight excluding hydrogens is 156 g/mol. The van der Waals surface area contributed by atoms with Crippen molar-refractivity contribution in [2.45, 2.75) is 39.2 Å². The van der Waals surface area contributed by atoms with Crippen molar-refractivity contribution < 1.29 is 9.63 Å². The Kier molecular flexibility index (Phi) is 2.81. The van der Waals surface area contributed by atoms with E-state index in [0.717, 1.165) is 6.42 Å². The molecule has 0 saturated heterocycles. The Morgan fingerprint density at radius 3 is 2.58 bits per heavy atom. The average molecular weight is 170 g/mol. The standard InChI is InChI=1S/C8H14N2O2/c1-4-7(5(2)11)8-9-6(3)10-12-8/h5,7,11H,4H2,1-3H3. The maximum Gasteiger partial charge on any atom is 0.232 e. The smallest absolute Gasteiger partial charge is 0.232 e. The fourth-order valence-electron chi connectivity index (χ4n) is 1.19. The zero-order valence-electron chi connectivity index (χ0n) is 7.61. The number of hydrogen-bond donors (Lipinski definition) is 1. The number of hydrogen-bond acceptors (Lipinski definition) is 4. The van der Waals surface area contributed by atoms with Crippen LogP contribution in [0.2, 0.25) is 0 Å². The molecule has 12 heavy (non-hydrogen) atoms. The molecule has 0 amide bonds. The lowest BCUT2D eigenvalue weighted by Crippen LogP contribution is -2.13. The van der Waals surface area contributed by atoms with Gasteiger partial charge in [-0.3, -0.25) is 0 Å². The molecule has 0 aliphatic carbocycles. The molecule has 0 aliphatic heterocycles. The second-order valence-electron chi connectivity index (χ2n) is 2.94. The van der Waals surface area contributed by atoms with Crippen molar-refractivity contribution in [3.63, 3.8) is 0 Å². The molecule has 1 heterocycles. The van der Waals surface area contributed by atoms with Crippen LogP contribution in [0.4, 0.5) is 0 Å². The number of aliphatic hydroxyl groups is 1. The first-order valence-corrected chi connectivity index (χ1v) is 4.13. The quantitative estimate of drug-likeness (QED) is 0.741. The first-order chi connectivity index (χ1) is 5.65. The van der Waals surface area contributed by atoms with Crippen LogP contribution in [-0.2, 0) is 0 Å². The van der Waals surface area contributed by atoms with Crippen molar-refractivity contribution in [3.8, 4) is 0 Å². The van der Waals surface area contributed by atoms with Gasteiger partial charge in [0.15, 0.2) is 5.82 Å². The summed E-state index contributed by atoms with van der Waals surface area (Å²) in [6.07, 6.45) is 0.370. The van der Waals surface area contributed by atoms with E-state index in [9.17, 15) is 5.11 Å². The normalized spacial score (nSPS) is 16.0. The van der Waals surface area contributed by atoms with Gasteiger partial charge in [-0.1, -0.05) is 12.1 Å². The minimum absolute atomic E-state index is 0.0359. The minimum Gasteiger partial charge on any atom is -0.393 e. The Morgan fingerprint density at radius 2 is 2.25 bits per heavy atom. The lowest BCUT2D eigenvalue weighted by molar-refractivity contribution is 0.141. The van der Waals surface area contributed by atoms with E-state index in [-0.39, 0.29) is 5.92 Å². The number of aryl methyl sites for hydroxylation is 1. The summed E-state index contributed by atoms with van der Waals surface area (Å²) in [5.41, 5.74) is 0. The largest absolute Gasteiger partial charge is 0.393 e. The molecule has 2 atom stereocenters. The van der Waals surface area contributed by atoms with Gasteiger partial charge in [-0.15, -0.1) is 0 Å². The number of aromatic nitrogens is 2. The molecule has 0 spiro atoms. The number of rotatable bonds is 3. The topological polar surface area (TPSA) is 59.2 Å². The summed E-state index contributed by atoms with van der Waals surface area (Å²) in [5.74, 6) is 1.11. The van der Waals surface area contributed by atoms with Gasteiger partial charge in [0.05, 0.1) is 12.0 Å². The van der Waals surface area contributed by atoms with Gasteiger partial charge in [-0.05, 0) is 20.3 Å². The van der Waals surface area contributed by atoms with Crippen molar-refractivity contribution in [3.05, 3.63) is 11.7 Å². The van der Waals surface area contributed by atoms with Crippen LogP contribution >= 0.6 is 0 Å². The third-order valence-corrected chi connectivity index (χ3v) is 1.88. The Hall–Kier alpha value is -0.900. The predicted molar refractivity (Wildman–Crippen MR) is 43.7 cm³/mol. The van der Waals surface area contributed by atoms with Crippen molar-refractivity contribution in [1.82, 2.24) is 10.1 Å². The van der Waals surface area contributed by atoms with Crippen LogP contribution in [0.3, 0.4) is 0 Å². The van der Waals surface area contributed by atoms with Gasteiger partial charge in [0.25, 0.3) is 0 Å². The Bertz CT molecular complexity index is 245. The summed E-state index contributed by atoms with van der Waals surface area (Å²) < 4.78 is 4.96. The van der Waals surface area contributed by atoms with Crippen LogP contribution in [0.15, 0.2) is 4.52 Å². The first kappa shape index (κ1) is 9.19. The second-order valence-corrected chi connectivity index (χ2v) is 2.94. The van der Waals surface area contributed by atoms with Crippen LogP contribution in [-0.4, -0.2) is 21.4 Å². The summed E-state index contributed by atoms with van der Waals surface area (Å²) >= 11 is 0. The molecule has 0 saturated carbocycles. The fourth-order valence-corrected chi connectivity index (χ4v) is 1.19. The maximum atomic E-state index is 9.35. The predicted octanol–water partition coefficient (Wildman–Crippen LogP) is 1.25. The summed E-state index contributed by atoms with van der Waals surface area (Å²) in [6.45, 7) is 5.48. The van der Waals surface area contributed by atoms with Crippen LogP contribution in [0.1, 0.15) is 37.9 Å². The number of aliphatic hydroxyl groups excluding tert-OH is 1. The van der Waals surface area contributed by atoms with Gasteiger partial charge in [0, 0.05) is 0 Å². The van der Waals surface area contributed by atoms with Gasteiger partial charge in [0.2, 0.25) is 5.89 Å². The van der Waals surface area contributed by atoms with E-state index < -0.39 is 6.10 Å². The number of nitrogens with zero attached hydrogens (tertiary/aromatic N) is 2. The SMILES string of the molecule is CCC(c1nc(C)no1)C(C)O. The average Bonchev–Trinajstić information content (AvgIpc) is 2.37. The van der Waals surface area contributed by atoms with Crippen LogP contribution in [0, 0.1) is 6.92 Å². The highest BCUT2D eigenvalue weighted by molar-refractivity contribution is 4.94. The molecule has 1 aromatic heterocycles. The molecule has 1 aromatic rings. The first-order valence-electron chi connectivity index (χ1n) is 4.13. The zero-order valence-corrected chi connectivity index (χ0v) is 7.61. The summed E-state index contributed by atoms with van der Waals surface area (Å²) in [4.78, 5) is 4.07. The third-order valence-electron chi connectivity index (χ3n) is 1.88. The molecule has 0 radical (unpaired) electrons. The molecule has 0 aliphatic rings. The molecule has 0 fully saturated rings. The molecule has 1 N–H and O–H groups in total. The summed E-state index contributed by atoms with van der Waals surface area (Å²) in [7, 11) is 0. The monoisotopic (exact) mass is 170 g/mol. The van der Waals surface area contributed by atoms with Gasteiger partial charge >= 0.3 is 0 Å². The zero-order chi connectivity index (χ0) is 9.14. The summed E-state index contributed by atoms with van der Waals surface area (Å²) in [6, 6.07) is 0. The van der Waals surface area contributed by atoms with Gasteiger partial charge in [0.1, 0.15) is 0 Å². The van der Waals surface area contributed by atoms with Crippen LogP contribution < -0.4 is 0 Å². The molecule has 2 unspecified atom stereocenters. The van der Waals surface area contributed by atoms with Crippen LogP contribution in [0.5, 0.6) is 0 Å². The van der Waals surface area contributed by atoms with Crippen LogP contribution in [0.25, 0.3) is 0 Å². The van der Waals surface area contributed by atoms with E-state index in [2.05, 4.69) is 10.1 Å². The van der Waals surface area contributed by atoms with E-state index in [4.69, 9.17) is 4.52 Å². The van der Waals surface area contributed by atoms with E-state index in [0.29, 0.717) is 11.7 Å². The highest BCUT2D eigenvalue weighted by Gasteiger charge is 2.20. The highest BCUT2D eigenvalue weighted by atomic mass is 16.5. The van der Waals surface area contributed by atoms with E-state index in [1.165, 1.54) is 0 Å². The molecule has 4 heteroatoms.